The van der Waals surface area contributed by atoms with Crippen molar-refractivity contribution < 1.29 is 9.50 Å². The third-order valence-corrected chi connectivity index (χ3v) is 2.56. The van der Waals surface area contributed by atoms with Gasteiger partial charge in [-0.2, -0.15) is 0 Å². The summed E-state index contributed by atoms with van der Waals surface area (Å²) < 4.78 is 11.9. The van der Waals surface area contributed by atoms with Gasteiger partial charge in [0, 0.05) is 11.9 Å². The summed E-state index contributed by atoms with van der Waals surface area (Å²) in [4.78, 5) is 3.99. The van der Waals surface area contributed by atoms with Crippen molar-refractivity contribution in [2.24, 2.45) is 0 Å². The number of nitrogens with two attached hydrogens (primary N) is 1. The molecule has 1 rings (SSSR count). The molecule has 0 spiro atoms. The molecular formula is C8H11FN2OS. The molecule has 72 valence electrons. The van der Waals surface area contributed by atoms with Crippen molar-refractivity contribution in [2.75, 3.05) is 18.2 Å². The number of halogens is 1. The van der Waals surface area contributed by atoms with Gasteiger partial charge in [-0.1, -0.05) is 0 Å². The first kappa shape index (κ1) is 10.3. The van der Waals surface area contributed by atoms with Gasteiger partial charge in [0.2, 0.25) is 0 Å². The van der Waals surface area contributed by atoms with Crippen LogP contribution < -0.4 is 5.73 Å². The Morgan fingerprint density at radius 2 is 2.46 bits per heavy atom. The quantitative estimate of drug-likeness (QED) is 0.717. The molecule has 1 heterocycles. The Balaban J connectivity index is 2.50. The number of nitrogens with zero attached hydrogens (tertiary/aromatic N) is 1. The monoisotopic (exact) mass is 202 g/mol. The number of nitrogen functional groups attached to an aromatic ring is 1. The van der Waals surface area contributed by atoms with Gasteiger partial charge < -0.3 is 10.8 Å². The standard InChI is InChI=1S/C8H11FN2OS/c9-4-6(12)5-13-8-7(10)2-1-3-11-8/h1-3,6,12H,4-5,10H2. The minimum atomic E-state index is -0.939. The molecule has 0 aromatic carbocycles. The van der Waals surface area contributed by atoms with E-state index in [0.29, 0.717) is 10.7 Å². The minimum absolute atomic E-state index is 0.276. The molecule has 1 aromatic rings. The number of aliphatic hydroxyl groups is 1. The van der Waals surface area contributed by atoms with Gasteiger partial charge in [0.15, 0.2) is 0 Å². The van der Waals surface area contributed by atoms with E-state index in [-0.39, 0.29) is 5.75 Å². The molecule has 1 atom stereocenters. The Bertz CT molecular complexity index is 272. The van der Waals surface area contributed by atoms with Crippen LogP contribution in [0.25, 0.3) is 0 Å². The SMILES string of the molecule is Nc1cccnc1SCC(O)CF. The molecule has 1 aromatic heterocycles. The summed E-state index contributed by atoms with van der Waals surface area (Å²) in [6.07, 6.45) is 0.673. The second-order valence-corrected chi connectivity index (χ2v) is 3.53. The summed E-state index contributed by atoms with van der Waals surface area (Å²) in [5.41, 5.74) is 6.14. The molecule has 0 aliphatic rings. The highest BCUT2D eigenvalue weighted by Gasteiger charge is 2.06. The van der Waals surface area contributed by atoms with E-state index in [2.05, 4.69) is 4.98 Å². The van der Waals surface area contributed by atoms with Gasteiger partial charge in [-0.15, -0.1) is 11.8 Å². The summed E-state index contributed by atoms with van der Waals surface area (Å²) in [5.74, 6) is 0.276. The van der Waals surface area contributed by atoms with Crippen molar-refractivity contribution >= 4 is 17.4 Å². The fourth-order valence-corrected chi connectivity index (χ4v) is 1.55. The number of hydrogen-bond acceptors (Lipinski definition) is 4. The van der Waals surface area contributed by atoms with Gasteiger partial charge in [0.25, 0.3) is 0 Å². The molecule has 3 nitrogen and oxygen atoms in total. The van der Waals surface area contributed by atoms with Crippen LogP contribution in [0.3, 0.4) is 0 Å². The summed E-state index contributed by atoms with van der Waals surface area (Å²) >= 11 is 1.25. The van der Waals surface area contributed by atoms with E-state index in [4.69, 9.17) is 10.8 Å². The summed E-state index contributed by atoms with van der Waals surface area (Å²) in [6.45, 7) is -0.736. The van der Waals surface area contributed by atoms with Gasteiger partial charge in [0.05, 0.1) is 11.8 Å². The van der Waals surface area contributed by atoms with Crippen LogP contribution in [0.5, 0.6) is 0 Å². The summed E-state index contributed by atoms with van der Waals surface area (Å²) in [7, 11) is 0. The number of thioether (sulfide) groups is 1. The van der Waals surface area contributed by atoms with Crippen molar-refractivity contribution in [3.05, 3.63) is 18.3 Å². The molecule has 0 amide bonds. The van der Waals surface area contributed by atoms with E-state index < -0.39 is 12.8 Å². The topological polar surface area (TPSA) is 59.1 Å². The van der Waals surface area contributed by atoms with Gasteiger partial charge in [-0.05, 0) is 12.1 Å². The predicted octanol–water partition coefficient (Wildman–Crippen LogP) is 1.09. The van der Waals surface area contributed by atoms with E-state index in [1.165, 1.54) is 11.8 Å². The van der Waals surface area contributed by atoms with Crippen LogP contribution in [0, 0.1) is 0 Å². The van der Waals surface area contributed by atoms with Crippen molar-refractivity contribution in [2.45, 2.75) is 11.1 Å². The normalized spacial score (nSPS) is 12.8. The highest BCUT2D eigenvalue weighted by molar-refractivity contribution is 7.99. The smallest absolute Gasteiger partial charge is 0.119 e. The molecule has 13 heavy (non-hydrogen) atoms. The maximum atomic E-state index is 11.9. The lowest BCUT2D eigenvalue weighted by atomic mass is 10.4. The number of hydrogen-bond donors (Lipinski definition) is 2. The van der Waals surface area contributed by atoms with E-state index in [0.717, 1.165) is 0 Å². The molecule has 3 N–H and O–H groups in total. The second kappa shape index (κ2) is 5.04. The average molecular weight is 202 g/mol. The Morgan fingerprint density at radius 3 is 3.08 bits per heavy atom. The van der Waals surface area contributed by atoms with Crippen LogP contribution >= 0.6 is 11.8 Å². The van der Waals surface area contributed by atoms with Gasteiger partial charge in [-0.25, -0.2) is 9.37 Å². The molecule has 5 heteroatoms. The molecule has 0 aliphatic heterocycles. The number of pyridine rings is 1. The molecule has 0 bridgehead atoms. The van der Waals surface area contributed by atoms with Crippen LogP contribution in [-0.2, 0) is 0 Å². The Labute approximate surface area is 80.2 Å². The fraction of sp³-hybridized carbons (Fsp3) is 0.375. The fourth-order valence-electron chi connectivity index (χ4n) is 0.744. The molecule has 1 unspecified atom stereocenters. The van der Waals surface area contributed by atoms with Gasteiger partial charge in [0.1, 0.15) is 11.7 Å². The van der Waals surface area contributed by atoms with Crippen LogP contribution in [0.4, 0.5) is 10.1 Å². The second-order valence-electron chi connectivity index (χ2n) is 2.52. The predicted molar refractivity (Wildman–Crippen MR) is 51.4 cm³/mol. The Morgan fingerprint density at radius 1 is 1.69 bits per heavy atom. The Hall–Kier alpha value is -0.810. The zero-order valence-corrected chi connectivity index (χ0v) is 7.80. The number of rotatable bonds is 4. The summed E-state index contributed by atoms with van der Waals surface area (Å²) in [6, 6.07) is 3.45. The third-order valence-electron chi connectivity index (χ3n) is 1.39. The third kappa shape index (κ3) is 3.20. The van der Waals surface area contributed by atoms with E-state index >= 15 is 0 Å². The van der Waals surface area contributed by atoms with E-state index in [9.17, 15) is 4.39 Å². The number of aromatic nitrogens is 1. The van der Waals surface area contributed by atoms with E-state index in [1.54, 1.807) is 18.3 Å². The minimum Gasteiger partial charge on any atom is -0.397 e. The first-order chi connectivity index (χ1) is 6.24. The van der Waals surface area contributed by atoms with Gasteiger partial charge >= 0.3 is 0 Å². The lowest BCUT2D eigenvalue weighted by Crippen LogP contribution is -2.12. The molecular weight excluding hydrogens is 191 g/mol. The van der Waals surface area contributed by atoms with Gasteiger partial charge in [-0.3, -0.25) is 0 Å². The number of alkyl halides is 1. The average Bonchev–Trinajstić information content (AvgIpc) is 2.16. The zero-order valence-electron chi connectivity index (χ0n) is 6.98. The molecule has 0 fully saturated rings. The summed E-state index contributed by atoms with van der Waals surface area (Å²) in [5, 5.41) is 9.58. The Kier molecular flexibility index (Phi) is 3.98. The zero-order chi connectivity index (χ0) is 9.68. The highest BCUT2D eigenvalue weighted by Crippen LogP contribution is 2.22. The van der Waals surface area contributed by atoms with Crippen LogP contribution in [0.2, 0.25) is 0 Å². The molecule has 0 aliphatic carbocycles. The molecule has 0 radical (unpaired) electrons. The van der Waals surface area contributed by atoms with Crippen LogP contribution in [0.1, 0.15) is 0 Å². The van der Waals surface area contributed by atoms with Crippen LogP contribution in [-0.4, -0.2) is 28.6 Å². The number of anilines is 1. The van der Waals surface area contributed by atoms with Crippen LogP contribution in [0.15, 0.2) is 23.4 Å². The van der Waals surface area contributed by atoms with Crippen molar-refractivity contribution in [3.63, 3.8) is 0 Å². The maximum absolute atomic E-state index is 11.9. The first-order valence-electron chi connectivity index (χ1n) is 3.81. The number of aliphatic hydroxyl groups excluding tert-OH is 1. The molecule has 0 saturated heterocycles. The lowest BCUT2D eigenvalue weighted by Gasteiger charge is -2.06. The maximum Gasteiger partial charge on any atom is 0.119 e. The van der Waals surface area contributed by atoms with Crippen molar-refractivity contribution in [1.82, 2.24) is 4.98 Å². The van der Waals surface area contributed by atoms with E-state index in [1.807, 2.05) is 0 Å². The first-order valence-corrected chi connectivity index (χ1v) is 4.80. The molecule has 0 saturated carbocycles. The largest absolute Gasteiger partial charge is 0.397 e. The highest BCUT2D eigenvalue weighted by atomic mass is 32.2. The van der Waals surface area contributed by atoms with Crippen molar-refractivity contribution in [1.29, 1.82) is 0 Å². The lowest BCUT2D eigenvalue weighted by molar-refractivity contribution is 0.162. The van der Waals surface area contributed by atoms with Crippen molar-refractivity contribution in [3.8, 4) is 0 Å².